The molecule has 1 aromatic carbocycles. The second-order valence-corrected chi connectivity index (χ2v) is 6.54. The highest BCUT2D eigenvalue weighted by Gasteiger charge is 2.22. The summed E-state index contributed by atoms with van der Waals surface area (Å²) in [5.41, 5.74) is 1.20. The molecule has 0 aliphatic rings. The number of benzene rings is 1. The molecule has 0 N–H and O–H groups in total. The lowest BCUT2D eigenvalue weighted by molar-refractivity contribution is 0.648. The van der Waals surface area contributed by atoms with Crippen molar-refractivity contribution < 1.29 is 4.21 Å². The molecule has 0 bridgehead atoms. The van der Waals surface area contributed by atoms with E-state index in [0.29, 0.717) is 0 Å². The van der Waals surface area contributed by atoms with Crippen LogP contribution >= 0.6 is 0 Å². The van der Waals surface area contributed by atoms with Gasteiger partial charge in [-0.3, -0.25) is 4.21 Å². The van der Waals surface area contributed by atoms with Gasteiger partial charge in [-0.05, 0) is 38.8 Å². The summed E-state index contributed by atoms with van der Waals surface area (Å²) in [5.74, 6) is 0. The average Bonchev–Trinajstić information content (AvgIpc) is 2.15. The standard InChI is InChI=1S/C12H18OS/c1-5-10-8-6-7-9-11(10)14(13)12(2,3)4/h6-9H,5H2,1-4H3. The summed E-state index contributed by atoms with van der Waals surface area (Å²) in [4.78, 5) is 0.988. The first kappa shape index (κ1) is 11.4. The van der Waals surface area contributed by atoms with E-state index in [1.165, 1.54) is 5.56 Å². The van der Waals surface area contributed by atoms with Gasteiger partial charge in [0.05, 0.1) is 10.8 Å². The highest BCUT2D eigenvalue weighted by molar-refractivity contribution is 7.86. The van der Waals surface area contributed by atoms with Crippen LogP contribution in [0.25, 0.3) is 0 Å². The molecule has 14 heavy (non-hydrogen) atoms. The first-order valence-corrected chi connectivity index (χ1v) is 6.11. The Morgan fingerprint density at radius 3 is 2.29 bits per heavy atom. The van der Waals surface area contributed by atoms with Crippen molar-refractivity contribution in [3.05, 3.63) is 29.8 Å². The molecule has 0 aliphatic heterocycles. The molecule has 0 amide bonds. The molecule has 1 rings (SSSR count). The molecule has 0 radical (unpaired) electrons. The van der Waals surface area contributed by atoms with Crippen LogP contribution < -0.4 is 0 Å². The van der Waals surface area contributed by atoms with Gasteiger partial charge in [-0.25, -0.2) is 0 Å². The van der Waals surface area contributed by atoms with E-state index in [9.17, 15) is 4.21 Å². The highest BCUT2D eigenvalue weighted by Crippen LogP contribution is 2.23. The minimum atomic E-state index is -0.912. The smallest absolute Gasteiger partial charge is 0.0586 e. The van der Waals surface area contributed by atoms with Gasteiger partial charge in [-0.15, -0.1) is 0 Å². The SMILES string of the molecule is CCc1ccccc1S(=O)C(C)(C)C. The normalized spacial score (nSPS) is 14.0. The fourth-order valence-corrected chi connectivity index (χ4v) is 2.62. The summed E-state index contributed by atoms with van der Waals surface area (Å²) in [6.07, 6.45) is 0.942. The zero-order valence-corrected chi connectivity index (χ0v) is 10.1. The minimum absolute atomic E-state index is 0.175. The van der Waals surface area contributed by atoms with E-state index in [0.717, 1.165) is 11.3 Å². The third kappa shape index (κ3) is 2.44. The summed E-state index contributed by atoms with van der Waals surface area (Å²) in [5, 5.41) is 0. The quantitative estimate of drug-likeness (QED) is 0.733. The second-order valence-electron chi connectivity index (χ2n) is 4.34. The van der Waals surface area contributed by atoms with Gasteiger partial charge in [-0.1, -0.05) is 25.1 Å². The van der Waals surface area contributed by atoms with Gasteiger partial charge in [0.2, 0.25) is 0 Å². The van der Waals surface area contributed by atoms with Gasteiger partial charge in [0.25, 0.3) is 0 Å². The van der Waals surface area contributed by atoms with Crippen LogP contribution in [0.3, 0.4) is 0 Å². The Labute approximate surface area is 89.0 Å². The Morgan fingerprint density at radius 1 is 1.21 bits per heavy atom. The van der Waals surface area contributed by atoms with E-state index >= 15 is 0 Å². The van der Waals surface area contributed by atoms with Crippen molar-refractivity contribution in [2.75, 3.05) is 0 Å². The number of hydrogen-bond acceptors (Lipinski definition) is 1. The van der Waals surface area contributed by atoms with Gasteiger partial charge < -0.3 is 0 Å². The second kappa shape index (κ2) is 4.26. The van der Waals surface area contributed by atoms with Crippen molar-refractivity contribution in [1.82, 2.24) is 0 Å². The lowest BCUT2D eigenvalue weighted by Crippen LogP contribution is -2.22. The molecule has 0 spiro atoms. The van der Waals surface area contributed by atoms with Crippen molar-refractivity contribution in [3.63, 3.8) is 0 Å². The van der Waals surface area contributed by atoms with Crippen molar-refractivity contribution in [2.24, 2.45) is 0 Å². The molecule has 0 saturated heterocycles. The molecular weight excluding hydrogens is 192 g/mol. The summed E-state index contributed by atoms with van der Waals surface area (Å²) in [7, 11) is -0.912. The molecule has 0 aliphatic carbocycles. The zero-order chi connectivity index (χ0) is 10.8. The molecular formula is C12H18OS. The van der Waals surface area contributed by atoms with Crippen LogP contribution in [0, 0.1) is 0 Å². The molecule has 0 fully saturated rings. The van der Waals surface area contributed by atoms with Gasteiger partial charge in [0.1, 0.15) is 0 Å². The van der Waals surface area contributed by atoms with Crippen LogP contribution in [-0.4, -0.2) is 8.96 Å². The third-order valence-electron chi connectivity index (χ3n) is 2.11. The first-order chi connectivity index (χ1) is 6.46. The maximum absolute atomic E-state index is 12.2. The molecule has 78 valence electrons. The molecule has 0 saturated carbocycles. The minimum Gasteiger partial charge on any atom is -0.254 e. The van der Waals surface area contributed by atoms with E-state index in [2.05, 4.69) is 13.0 Å². The zero-order valence-electron chi connectivity index (χ0n) is 9.33. The monoisotopic (exact) mass is 210 g/mol. The Hall–Kier alpha value is -0.630. The van der Waals surface area contributed by atoms with Crippen LogP contribution in [0.4, 0.5) is 0 Å². The molecule has 1 aromatic rings. The Kier molecular flexibility index (Phi) is 3.48. The van der Waals surface area contributed by atoms with E-state index < -0.39 is 10.8 Å². The van der Waals surface area contributed by atoms with Crippen molar-refractivity contribution >= 4 is 10.8 Å². The third-order valence-corrected chi connectivity index (χ3v) is 4.02. The summed E-state index contributed by atoms with van der Waals surface area (Å²) in [6, 6.07) is 7.99. The number of rotatable bonds is 2. The van der Waals surface area contributed by atoms with Crippen molar-refractivity contribution in [2.45, 2.75) is 43.8 Å². The van der Waals surface area contributed by atoms with Crippen LogP contribution in [0.5, 0.6) is 0 Å². The van der Waals surface area contributed by atoms with Crippen molar-refractivity contribution in [3.8, 4) is 0 Å². The summed E-state index contributed by atoms with van der Waals surface area (Å²) >= 11 is 0. The lowest BCUT2D eigenvalue weighted by atomic mass is 10.2. The van der Waals surface area contributed by atoms with Crippen LogP contribution in [-0.2, 0) is 17.2 Å². The largest absolute Gasteiger partial charge is 0.254 e. The molecule has 2 heteroatoms. The fourth-order valence-electron chi connectivity index (χ4n) is 1.31. The van der Waals surface area contributed by atoms with E-state index in [1.54, 1.807) is 0 Å². The lowest BCUT2D eigenvalue weighted by Gasteiger charge is -2.19. The average molecular weight is 210 g/mol. The summed E-state index contributed by atoms with van der Waals surface area (Å²) < 4.78 is 12.0. The van der Waals surface area contributed by atoms with Gasteiger partial charge in [0.15, 0.2) is 0 Å². The predicted molar refractivity (Wildman–Crippen MR) is 62.0 cm³/mol. The number of aryl methyl sites for hydroxylation is 1. The van der Waals surface area contributed by atoms with E-state index in [-0.39, 0.29) is 4.75 Å². The molecule has 1 unspecified atom stereocenters. The predicted octanol–water partition coefficient (Wildman–Crippen LogP) is 3.16. The molecule has 1 nitrogen and oxygen atoms in total. The molecule has 0 heterocycles. The van der Waals surface area contributed by atoms with Crippen LogP contribution in [0.15, 0.2) is 29.2 Å². The number of hydrogen-bond donors (Lipinski definition) is 0. The van der Waals surface area contributed by atoms with Gasteiger partial charge >= 0.3 is 0 Å². The summed E-state index contributed by atoms with van der Waals surface area (Å²) in [6.45, 7) is 8.12. The Morgan fingerprint density at radius 2 is 1.79 bits per heavy atom. The Balaban J connectivity index is 3.13. The maximum atomic E-state index is 12.2. The van der Waals surface area contributed by atoms with Gasteiger partial charge in [-0.2, -0.15) is 0 Å². The molecule has 0 aromatic heterocycles. The fraction of sp³-hybridized carbons (Fsp3) is 0.500. The molecule has 1 atom stereocenters. The highest BCUT2D eigenvalue weighted by atomic mass is 32.2. The van der Waals surface area contributed by atoms with E-state index in [1.807, 2.05) is 39.0 Å². The van der Waals surface area contributed by atoms with Crippen molar-refractivity contribution in [1.29, 1.82) is 0 Å². The van der Waals surface area contributed by atoms with Crippen LogP contribution in [0.1, 0.15) is 33.3 Å². The topological polar surface area (TPSA) is 17.1 Å². The van der Waals surface area contributed by atoms with E-state index in [4.69, 9.17) is 0 Å². The van der Waals surface area contributed by atoms with Gasteiger partial charge in [0, 0.05) is 9.64 Å². The van der Waals surface area contributed by atoms with Crippen LogP contribution in [0.2, 0.25) is 0 Å². The first-order valence-electron chi connectivity index (χ1n) is 4.96. The maximum Gasteiger partial charge on any atom is 0.0586 e. The Bertz CT molecular complexity index is 336.